The summed E-state index contributed by atoms with van der Waals surface area (Å²) in [4.78, 5) is 11.5. The number of fused-ring (bicyclic) bond motifs is 1. The third kappa shape index (κ3) is 3.82. The minimum atomic E-state index is -3.61. The van der Waals surface area contributed by atoms with E-state index in [1.54, 1.807) is 12.1 Å². The lowest BCUT2D eigenvalue weighted by Crippen LogP contribution is -2.32. The maximum Gasteiger partial charge on any atom is 0.241 e. The van der Waals surface area contributed by atoms with Gasteiger partial charge in [-0.05, 0) is 53.1 Å². The van der Waals surface area contributed by atoms with Crippen LogP contribution in [-0.4, -0.2) is 34.5 Å². The van der Waals surface area contributed by atoms with Crippen LogP contribution in [-0.2, 0) is 21.2 Å². The van der Waals surface area contributed by atoms with Crippen molar-refractivity contribution >= 4 is 37.5 Å². The summed E-state index contributed by atoms with van der Waals surface area (Å²) >= 11 is 3.26. The molecule has 8 heteroatoms. The molecule has 0 bridgehead atoms. The van der Waals surface area contributed by atoms with E-state index in [2.05, 4.69) is 31.3 Å². The van der Waals surface area contributed by atoms with Crippen LogP contribution >= 0.6 is 15.9 Å². The van der Waals surface area contributed by atoms with Crippen LogP contribution in [0.1, 0.15) is 12.5 Å². The molecule has 0 radical (unpaired) electrons. The van der Waals surface area contributed by atoms with Crippen molar-refractivity contribution in [2.24, 2.45) is 5.92 Å². The van der Waals surface area contributed by atoms with E-state index in [4.69, 9.17) is 0 Å². The number of sulfonamides is 1. The van der Waals surface area contributed by atoms with Crippen molar-refractivity contribution < 1.29 is 13.2 Å². The molecule has 0 aliphatic carbocycles. The van der Waals surface area contributed by atoms with Crippen LogP contribution in [0, 0.1) is 5.92 Å². The Hall–Kier alpha value is -0.960. The third-order valence-electron chi connectivity index (χ3n) is 3.25. The normalized spacial score (nSPS) is 15.7. The Morgan fingerprint density at radius 1 is 1.38 bits per heavy atom. The van der Waals surface area contributed by atoms with Gasteiger partial charge in [0.25, 0.3) is 0 Å². The highest BCUT2D eigenvalue weighted by atomic mass is 79.9. The number of nitrogens with one attached hydrogen (secondary N) is 3. The first-order valence-electron chi connectivity index (χ1n) is 6.60. The van der Waals surface area contributed by atoms with E-state index in [9.17, 15) is 13.2 Å². The highest BCUT2D eigenvalue weighted by Gasteiger charge is 2.25. The molecule has 1 heterocycles. The summed E-state index contributed by atoms with van der Waals surface area (Å²) in [6.07, 6.45) is 0.210. The molecule has 0 saturated heterocycles. The Morgan fingerprint density at radius 2 is 2.10 bits per heavy atom. The second-order valence-electron chi connectivity index (χ2n) is 5.18. The molecule has 1 aromatic carbocycles. The van der Waals surface area contributed by atoms with E-state index in [-0.39, 0.29) is 23.1 Å². The summed E-state index contributed by atoms with van der Waals surface area (Å²) in [7, 11) is -1.78. The van der Waals surface area contributed by atoms with Gasteiger partial charge >= 0.3 is 0 Å². The Labute approximate surface area is 132 Å². The first-order chi connectivity index (χ1) is 9.83. The summed E-state index contributed by atoms with van der Waals surface area (Å²) in [5, 5.41) is 5.70. The molecule has 2 rings (SSSR count). The zero-order valence-electron chi connectivity index (χ0n) is 11.9. The predicted octanol–water partition coefficient (Wildman–Crippen LogP) is 1.08. The van der Waals surface area contributed by atoms with Gasteiger partial charge in [-0.1, -0.05) is 6.92 Å². The average molecular weight is 376 g/mol. The Bertz CT molecular complexity index is 661. The molecule has 3 N–H and O–H groups in total. The second-order valence-corrected chi connectivity index (χ2v) is 7.77. The van der Waals surface area contributed by atoms with E-state index in [1.165, 1.54) is 0 Å². The van der Waals surface area contributed by atoms with Gasteiger partial charge in [0, 0.05) is 16.7 Å². The fourth-order valence-electron chi connectivity index (χ4n) is 2.18. The molecule has 1 unspecified atom stereocenters. The lowest BCUT2D eigenvalue weighted by atomic mass is 10.2. The largest absolute Gasteiger partial charge is 0.325 e. The molecule has 6 nitrogen and oxygen atoms in total. The summed E-state index contributed by atoms with van der Waals surface area (Å²) in [5.74, 6) is 0.0586. The summed E-state index contributed by atoms with van der Waals surface area (Å²) in [5.41, 5.74) is 1.36. The van der Waals surface area contributed by atoms with Crippen LogP contribution in [0.15, 0.2) is 21.5 Å². The molecule has 0 aromatic heterocycles. The fraction of sp³-hybridized carbons (Fsp3) is 0.462. The number of rotatable bonds is 6. The van der Waals surface area contributed by atoms with Gasteiger partial charge in [-0.15, -0.1) is 0 Å². The highest BCUT2D eigenvalue weighted by molar-refractivity contribution is 9.10. The summed E-state index contributed by atoms with van der Waals surface area (Å²) < 4.78 is 27.8. The lowest BCUT2D eigenvalue weighted by molar-refractivity contribution is -0.115. The van der Waals surface area contributed by atoms with Gasteiger partial charge in [0.15, 0.2) is 0 Å². The molecule has 1 aromatic rings. The summed E-state index contributed by atoms with van der Waals surface area (Å²) in [6, 6.07) is 3.17. The third-order valence-corrected chi connectivity index (χ3v) is 5.63. The zero-order chi connectivity index (χ0) is 15.6. The second kappa shape index (κ2) is 6.43. The topological polar surface area (TPSA) is 87.3 Å². The zero-order valence-corrected chi connectivity index (χ0v) is 14.3. The van der Waals surface area contributed by atoms with E-state index < -0.39 is 10.0 Å². The monoisotopic (exact) mass is 375 g/mol. The van der Waals surface area contributed by atoms with Gasteiger partial charge in [0.05, 0.1) is 11.3 Å². The number of carbonyl (C=O) groups is 1. The van der Waals surface area contributed by atoms with E-state index >= 15 is 0 Å². The molecular formula is C13H18BrN3O3S. The first-order valence-corrected chi connectivity index (χ1v) is 8.87. The van der Waals surface area contributed by atoms with Crippen molar-refractivity contribution in [3.8, 4) is 0 Å². The molecule has 1 atom stereocenters. The molecular weight excluding hydrogens is 358 g/mol. The number of hydrogen-bond donors (Lipinski definition) is 3. The predicted molar refractivity (Wildman–Crippen MR) is 84.8 cm³/mol. The van der Waals surface area contributed by atoms with Gasteiger partial charge < -0.3 is 10.6 Å². The minimum Gasteiger partial charge on any atom is -0.325 e. The molecule has 0 saturated carbocycles. The van der Waals surface area contributed by atoms with Gasteiger partial charge in [-0.3, -0.25) is 4.79 Å². The molecule has 21 heavy (non-hydrogen) atoms. The van der Waals surface area contributed by atoms with Crippen molar-refractivity contribution in [1.29, 1.82) is 0 Å². The van der Waals surface area contributed by atoms with Crippen molar-refractivity contribution in [2.75, 3.05) is 25.5 Å². The molecule has 0 fully saturated rings. The van der Waals surface area contributed by atoms with Gasteiger partial charge in [-0.25, -0.2) is 13.1 Å². The highest BCUT2D eigenvalue weighted by Crippen LogP contribution is 2.32. The quantitative estimate of drug-likeness (QED) is 0.694. The van der Waals surface area contributed by atoms with Crippen molar-refractivity contribution in [3.63, 3.8) is 0 Å². The molecule has 1 aliphatic heterocycles. The van der Waals surface area contributed by atoms with Crippen LogP contribution < -0.4 is 15.4 Å². The Kier molecular flexibility index (Phi) is 5.03. The van der Waals surface area contributed by atoms with Gasteiger partial charge in [0.2, 0.25) is 15.9 Å². The fourth-order valence-corrected chi connectivity index (χ4v) is 4.44. The summed E-state index contributed by atoms with van der Waals surface area (Å²) in [6.45, 7) is 3.04. The van der Waals surface area contributed by atoms with Crippen LogP contribution in [0.25, 0.3) is 0 Å². The standard InChI is InChI=1S/C13H18BrN3O3S/c1-8(6-15-2)7-16-21(19,20)12-3-9-4-13(18)17-11(9)5-10(12)14/h3,5,8,15-16H,4,6-7H2,1-2H3,(H,17,18). The Balaban J connectivity index is 2.21. The molecule has 1 aliphatic rings. The van der Waals surface area contributed by atoms with E-state index in [0.29, 0.717) is 22.3 Å². The Morgan fingerprint density at radius 3 is 2.76 bits per heavy atom. The van der Waals surface area contributed by atoms with E-state index in [1.807, 2.05) is 14.0 Å². The van der Waals surface area contributed by atoms with Crippen LogP contribution in [0.2, 0.25) is 0 Å². The van der Waals surface area contributed by atoms with E-state index in [0.717, 1.165) is 6.54 Å². The minimum absolute atomic E-state index is 0.123. The van der Waals surface area contributed by atoms with Crippen molar-refractivity contribution in [2.45, 2.75) is 18.2 Å². The number of benzene rings is 1. The number of halogens is 1. The van der Waals surface area contributed by atoms with Gasteiger partial charge in [-0.2, -0.15) is 0 Å². The SMILES string of the molecule is CNCC(C)CNS(=O)(=O)c1cc2c(cc1Br)NC(=O)C2. The number of anilines is 1. The van der Waals surface area contributed by atoms with Crippen LogP contribution in [0.3, 0.4) is 0 Å². The first kappa shape index (κ1) is 16.4. The molecule has 116 valence electrons. The van der Waals surface area contributed by atoms with Crippen LogP contribution in [0.4, 0.5) is 5.69 Å². The number of carbonyl (C=O) groups excluding carboxylic acids is 1. The lowest BCUT2D eigenvalue weighted by Gasteiger charge is -2.14. The number of hydrogen-bond acceptors (Lipinski definition) is 4. The average Bonchev–Trinajstić information content (AvgIpc) is 2.75. The smallest absolute Gasteiger partial charge is 0.241 e. The molecule has 1 amide bonds. The van der Waals surface area contributed by atoms with Crippen molar-refractivity contribution in [3.05, 3.63) is 22.2 Å². The maximum absolute atomic E-state index is 12.4. The van der Waals surface area contributed by atoms with Crippen LogP contribution in [0.5, 0.6) is 0 Å². The van der Waals surface area contributed by atoms with Gasteiger partial charge in [0.1, 0.15) is 0 Å². The maximum atomic E-state index is 12.4. The van der Waals surface area contributed by atoms with Crippen molar-refractivity contribution in [1.82, 2.24) is 10.0 Å². The molecule has 0 spiro atoms. The number of amides is 1.